The number of hydrogen-bond acceptors (Lipinski definition) is 5. The molecular weight excluding hydrogens is 376 g/mol. The number of carboxylic acids is 1. The third kappa shape index (κ3) is 3.41. The van der Waals surface area contributed by atoms with Crippen LogP contribution in [0.4, 0.5) is 18.9 Å². The van der Waals surface area contributed by atoms with Crippen molar-refractivity contribution >= 4 is 34.2 Å². The molecule has 1 rings (SSSR count). The molecule has 0 bridgehead atoms. The Bertz CT molecular complexity index is 483. The average molecular weight is 378 g/mol. The van der Waals surface area contributed by atoms with Gasteiger partial charge in [0.25, 0.3) is 0 Å². The summed E-state index contributed by atoms with van der Waals surface area (Å²) in [6, 6.07) is 0.675. The van der Waals surface area contributed by atoms with Crippen LogP contribution < -0.4 is 4.74 Å². The van der Waals surface area contributed by atoms with E-state index in [-0.39, 0.29) is 3.70 Å². The van der Waals surface area contributed by atoms with Gasteiger partial charge in [0.1, 0.15) is 3.70 Å². The average Bonchev–Trinajstić information content (AvgIpc) is 2.17. The molecule has 0 amide bonds. The number of ether oxygens (including phenoxy) is 1. The Kier molecular flexibility index (Phi) is 3.93. The molecular formula is C7H2F3IN2O5. The van der Waals surface area contributed by atoms with Crippen molar-refractivity contribution in [3.05, 3.63) is 25.6 Å². The highest BCUT2D eigenvalue weighted by atomic mass is 127. The van der Waals surface area contributed by atoms with Gasteiger partial charge >= 0.3 is 18.0 Å². The molecule has 0 atom stereocenters. The van der Waals surface area contributed by atoms with Crippen LogP contribution in [0.1, 0.15) is 10.5 Å². The van der Waals surface area contributed by atoms with Crippen molar-refractivity contribution < 1.29 is 32.7 Å². The Labute approximate surface area is 110 Å². The molecule has 0 aliphatic rings. The number of carboxylic acid groups (broad SMARTS) is 1. The van der Waals surface area contributed by atoms with Gasteiger partial charge < -0.3 is 9.84 Å². The van der Waals surface area contributed by atoms with E-state index >= 15 is 0 Å². The molecule has 0 aliphatic carbocycles. The van der Waals surface area contributed by atoms with E-state index in [2.05, 4.69) is 9.72 Å². The monoisotopic (exact) mass is 378 g/mol. The van der Waals surface area contributed by atoms with Gasteiger partial charge in [0.2, 0.25) is 5.75 Å². The van der Waals surface area contributed by atoms with E-state index in [4.69, 9.17) is 5.11 Å². The molecule has 1 aromatic heterocycles. The number of carbonyl (C=O) groups is 1. The lowest BCUT2D eigenvalue weighted by Gasteiger charge is -2.11. The molecule has 0 saturated heterocycles. The minimum atomic E-state index is -5.26. The highest BCUT2D eigenvalue weighted by molar-refractivity contribution is 14.1. The number of hydrogen-bond donors (Lipinski definition) is 1. The van der Waals surface area contributed by atoms with E-state index in [1.54, 1.807) is 0 Å². The minimum Gasteiger partial charge on any atom is -0.476 e. The third-order valence-corrected chi connectivity index (χ3v) is 2.09. The van der Waals surface area contributed by atoms with Crippen LogP contribution in [0.15, 0.2) is 6.07 Å². The maximum atomic E-state index is 12.1. The fourth-order valence-electron chi connectivity index (χ4n) is 0.986. The van der Waals surface area contributed by atoms with Crippen LogP contribution >= 0.6 is 22.6 Å². The standard InChI is InChI=1S/C7H2F3IN2O5/c8-7(9,10)18-5-2(13(16)17)1-3(11)12-4(5)6(14)15/h1H,(H,14,15). The van der Waals surface area contributed by atoms with Gasteiger partial charge in [0.05, 0.1) is 11.0 Å². The van der Waals surface area contributed by atoms with Gasteiger partial charge in [-0.3, -0.25) is 10.1 Å². The van der Waals surface area contributed by atoms with Crippen molar-refractivity contribution in [2.75, 3.05) is 0 Å². The lowest BCUT2D eigenvalue weighted by molar-refractivity contribution is -0.388. The molecule has 1 heterocycles. The lowest BCUT2D eigenvalue weighted by Crippen LogP contribution is -2.21. The van der Waals surface area contributed by atoms with E-state index in [9.17, 15) is 28.1 Å². The predicted molar refractivity (Wildman–Crippen MR) is 57.3 cm³/mol. The smallest absolute Gasteiger partial charge is 0.476 e. The first kappa shape index (κ1) is 14.4. The van der Waals surface area contributed by atoms with Crippen LogP contribution in [0.2, 0.25) is 0 Å². The molecule has 0 aliphatic heterocycles. The Morgan fingerprint density at radius 3 is 2.50 bits per heavy atom. The summed E-state index contributed by atoms with van der Waals surface area (Å²) < 4.78 is 39.4. The first-order chi connectivity index (χ1) is 8.11. The summed E-state index contributed by atoms with van der Waals surface area (Å²) in [6.07, 6.45) is -5.26. The van der Waals surface area contributed by atoms with Crippen LogP contribution in [0.3, 0.4) is 0 Å². The Balaban J connectivity index is 3.51. The second-order valence-corrected chi connectivity index (χ2v) is 3.86. The largest absolute Gasteiger partial charge is 0.573 e. The van der Waals surface area contributed by atoms with Gasteiger partial charge in [-0.2, -0.15) is 0 Å². The third-order valence-electron chi connectivity index (χ3n) is 1.54. The van der Waals surface area contributed by atoms with E-state index in [1.807, 2.05) is 0 Å². The van der Waals surface area contributed by atoms with Crippen molar-refractivity contribution in [1.29, 1.82) is 0 Å². The molecule has 0 fully saturated rings. The van der Waals surface area contributed by atoms with Crippen LogP contribution in [0.25, 0.3) is 0 Å². The number of alkyl halides is 3. The minimum absolute atomic E-state index is 0.147. The zero-order valence-corrected chi connectivity index (χ0v) is 10.2. The topological polar surface area (TPSA) is 103 Å². The Hall–Kier alpha value is -1.66. The summed E-state index contributed by atoms with van der Waals surface area (Å²) in [5.74, 6) is -3.31. The number of rotatable bonds is 3. The zero-order valence-electron chi connectivity index (χ0n) is 8.06. The van der Waals surface area contributed by atoms with Crippen LogP contribution in [0.5, 0.6) is 5.75 Å². The Morgan fingerprint density at radius 1 is 1.56 bits per heavy atom. The van der Waals surface area contributed by atoms with Gasteiger partial charge in [0.15, 0.2) is 5.69 Å². The first-order valence-electron chi connectivity index (χ1n) is 3.96. The summed E-state index contributed by atoms with van der Waals surface area (Å²) >= 11 is 1.44. The van der Waals surface area contributed by atoms with Crippen LogP contribution in [-0.4, -0.2) is 27.3 Å². The molecule has 0 unspecified atom stereocenters. The van der Waals surface area contributed by atoms with Crippen molar-refractivity contribution in [2.24, 2.45) is 0 Å². The number of pyridine rings is 1. The fraction of sp³-hybridized carbons (Fsp3) is 0.143. The van der Waals surface area contributed by atoms with E-state index < -0.39 is 34.4 Å². The zero-order chi connectivity index (χ0) is 14.1. The molecule has 0 aromatic carbocycles. The van der Waals surface area contributed by atoms with E-state index in [1.165, 1.54) is 22.6 Å². The van der Waals surface area contributed by atoms with Crippen molar-refractivity contribution in [3.8, 4) is 5.75 Å². The maximum absolute atomic E-state index is 12.1. The second-order valence-electron chi connectivity index (χ2n) is 2.75. The highest BCUT2D eigenvalue weighted by Gasteiger charge is 2.38. The van der Waals surface area contributed by atoms with Gasteiger partial charge in [0, 0.05) is 0 Å². The maximum Gasteiger partial charge on any atom is 0.573 e. The predicted octanol–water partition coefficient (Wildman–Crippen LogP) is 2.19. The molecule has 1 N–H and O–H groups in total. The molecule has 7 nitrogen and oxygen atoms in total. The quantitative estimate of drug-likeness (QED) is 0.375. The van der Waals surface area contributed by atoms with Crippen molar-refractivity contribution in [2.45, 2.75) is 6.36 Å². The van der Waals surface area contributed by atoms with Crippen LogP contribution in [-0.2, 0) is 0 Å². The van der Waals surface area contributed by atoms with Gasteiger partial charge in [-0.25, -0.2) is 9.78 Å². The summed E-state index contributed by atoms with van der Waals surface area (Å²) in [7, 11) is 0. The normalized spacial score (nSPS) is 11.1. The number of nitro groups is 1. The van der Waals surface area contributed by atoms with Crippen molar-refractivity contribution in [3.63, 3.8) is 0 Å². The molecule has 11 heteroatoms. The summed E-state index contributed by atoms with van der Waals surface area (Å²) in [6.45, 7) is 0. The summed E-state index contributed by atoms with van der Waals surface area (Å²) in [5.41, 5.74) is -2.30. The van der Waals surface area contributed by atoms with Gasteiger partial charge in [-0.1, -0.05) is 0 Å². The molecule has 0 spiro atoms. The van der Waals surface area contributed by atoms with Crippen LogP contribution in [0, 0.1) is 13.8 Å². The van der Waals surface area contributed by atoms with Crippen molar-refractivity contribution in [1.82, 2.24) is 4.98 Å². The molecule has 98 valence electrons. The first-order valence-corrected chi connectivity index (χ1v) is 5.03. The Morgan fingerprint density at radius 2 is 2.11 bits per heavy atom. The highest BCUT2D eigenvalue weighted by Crippen LogP contribution is 2.35. The molecule has 0 saturated carbocycles. The van der Waals surface area contributed by atoms with Gasteiger partial charge in [-0.15, -0.1) is 13.2 Å². The molecule has 0 radical (unpaired) electrons. The molecule has 18 heavy (non-hydrogen) atoms. The fourth-order valence-corrected chi connectivity index (χ4v) is 1.52. The summed E-state index contributed by atoms with van der Waals surface area (Å²) in [4.78, 5) is 23.3. The van der Waals surface area contributed by atoms with E-state index in [0.717, 1.165) is 0 Å². The number of aromatic carboxylic acids is 1. The SMILES string of the molecule is O=C(O)c1nc(I)cc([N+](=O)[O-])c1OC(F)(F)F. The number of halogens is 4. The number of nitrogens with zero attached hydrogens (tertiary/aromatic N) is 2. The van der Waals surface area contributed by atoms with Gasteiger partial charge in [-0.05, 0) is 22.6 Å². The summed E-state index contributed by atoms with van der Waals surface area (Å²) in [5, 5.41) is 19.2. The lowest BCUT2D eigenvalue weighted by atomic mass is 10.3. The number of aromatic nitrogens is 1. The molecule has 1 aromatic rings. The van der Waals surface area contributed by atoms with E-state index in [0.29, 0.717) is 6.07 Å². The second kappa shape index (κ2) is 4.91.